The minimum atomic E-state index is -4.70. The van der Waals surface area contributed by atoms with Gasteiger partial charge in [-0.1, -0.05) is 22.9 Å². The highest BCUT2D eigenvalue weighted by Crippen LogP contribution is 2.39. The summed E-state index contributed by atoms with van der Waals surface area (Å²) in [5.74, 6) is -0.840. The first-order valence-corrected chi connectivity index (χ1v) is 7.62. The monoisotopic (exact) mass is 377 g/mol. The Kier molecular flexibility index (Phi) is 3.80. The number of halogens is 5. The van der Waals surface area contributed by atoms with Gasteiger partial charge in [0.2, 0.25) is 0 Å². The number of nitrogen functional groups attached to an aromatic ring is 1. The first-order chi connectivity index (χ1) is 11.1. The molecular weight excluding hydrogens is 370 g/mol. The second kappa shape index (κ2) is 5.45. The molecule has 0 radical (unpaired) electrons. The summed E-state index contributed by atoms with van der Waals surface area (Å²) in [6, 6.07) is 2.61. The van der Waals surface area contributed by atoms with Crippen molar-refractivity contribution in [1.82, 2.24) is 9.55 Å². The molecule has 4 nitrogen and oxygen atoms in total. The van der Waals surface area contributed by atoms with Gasteiger partial charge in [-0.3, -0.25) is 4.79 Å². The number of anilines is 1. The molecule has 3 rings (SSSR count). The van der Waals surface area contributed by atoms with Crippen molar-refractivity contribution in [2.45, 2.75) is 6.18 Å². The Hall–Kier alpha value is -2.13. The number of alkyl halides is 3. The number of thiazole rings is 1. The molecule has 0 fully saturated rings. The number of fused-ring (bicyclic) bond motifs is 1. The summed E-state index contributed by atoms with van der Waals surface area (Å²) in [7, 11) is 0.973. The lowest BCUT2D eigenvalue weighted by Crippen LogP contribution is -2.26. The third-order valence-corrected chi connectivity index (χ3v) is 4.64. The minimum absolute atomic E-state index is 0.00272. The highest BCUT2D eigenvalue weighted by atomic mass is 35.5. The van der Waals surface area contributed by atoms with Crippen LogP contribution in [0.15, 0.2) is 23.0 Å². The second-order valence-electron chi connectivity index (χ2n) is 4.94. The molecule has 10 heteroatoms. The summed E-state index contributed by atoms with van der Waals surface area (Å²) in [6.45, 7) is 0. The number of hydrogen-bond donors (Lipinski definition) is 1. The Morgan fingerprint density at radius 1 is 1.33 bits per heavy atom. The number of aromatic nitrogens is 2. The van der Waals surface area contributed by atoms with Crippen LogP contribution in [0.25, 0.3) is 21.3 Å². The fourth-order valence-corrected chi connectivity index (χ4v) is 3.59. The van der Waals surface area contributed by atoms with Gasteiger partial charge in [0.15, 0.2) is 5.13 Å². The van der Waals surface area contributed by atoms with Crippen LogP contribution in [0.3, 0.4) is 0 Å². The Morgan fingerprint density at radius 2 is 2.00 bits per heavy atom. The van der Waals surface area contributed by atoms with Crippen LogP contribution in [0.5, 0.6) is 0 Å². The van der Waals surface area contributed by atoms with Crippen molar-refractivity contribution in [3.8, 4) is 11.1 Å². The molecule has 0 aliphatic carbocycles. The Labute approximate surface area is 141 Å². The summed E-state index contributed by atoms with van der Waals surface area (Å²) in [5, 5.41) is 0.102. The van der Waals surface area contributed by atoms with Crippen molar-refractivity contribution in [3.63, 3.8) is 0 Å². The lowest BCUT2D eigenvalue weighted by Gasteiger charge is -2.13. The number of nitrogens with zero attached hydrogens (tertiary/aromatic N) is 2. The van der Waals surface area contributed by atoms with Crippen LogP contribution in [0.4, 0.5) is 22.7 Å². The second-order valence-corrected chi connectivity index (χ2v) is 6.38. The molecular formula is C14H8ClF4N3OS. The minimum Gasteiger partial charge on any atom is -0.375 e. The highest BCUT2D eigenvalue weighted by Gasteiger charge is 2.34. The Morgan fingerprint density at radius 3 is 2.62 bits per heavy atom. The van der Waals surface area contributed by atoms with Crippen LogP contribution < -0.4 is 11.3 Å². The van der Waals surface area contributed by atoms with E-state index in [1.807, 2.05) is 0 Å². The van der Waals surface area contributed by atoms with Gasteiger partial charge in [0.05, 0.1) is 15.3 Å². The zero-order valence-corrected chi connectivity index (χ0v) is 13.5. The molecule has 0 aliphatic rings. The van der Waals surface area contributed by atoms with Crippen LogP contribution in [-0.2, 0) is 13.2 Å². The molecule has 3 aromatic rings. The van der Waals surface area contributed by atoms with E-state index in [0.29, 0.717) is 4.57 Å². The molecule has 0 saturated heterocycles. The van der Waals surface area contributed by atoms with Crippen molar-refractivity contribution in [2.75, 3.05) is 5.73 Å². The van der Waals surface area contributed by atoms with Crippen molar-refractivity contribution in [2.24, 2.45) is 7.05 Å². The van der Waals surface area contributed by atoms with Gasteiger partial charge < -0.3 is 10.3 Å². The van der Waals surface area contributed by atoms with E-state index in [2.05, 4.69) is 4.98 Å². The Balaban J connectivity index is 2.37. The van der Waals surface area contributed by atoms with Crippen LogP contribution in [0.2, 0.25) is 5.02 Å². The maximum Gasteiger partial charge on any atom is 0.431 e. The molecule has 0 amide bonds. The molecule has 2 heterocycles. The standard InChI is InChI=1S/C14H8ClF4N3OS/c1-22-8(14(17,18)19)3-2-5(12(22)23)9-7(16)4-6(15)10-11(9)24-13(20)21-10/h2-4H,1H3,(H2,20,21). The van der Waals surface area contributed by atoms with Crippen molar-refractivity contribution in [3.05, 3.63) is 45.1 Å². The van der Waals surface area contributed by atoms with Gasteiger partial charge in [0.1, 0.15) is 17.0 Å². The van der Waals surface area contributed by atoms with Crippen molar-refractivity contribution in [1.29, 1.82) is 0 Å². The van der Waals surface area contributed by atoms with E-state index in [4.69, 9.17) is 17.3 Å². The fourth-order valence-electron chi connectivity index (χ4n) is 2.39. The molecule has 126 valence electrons. The largest absolute Gasteiger partial charge is 0.431 e. The smallest absolute Gasteiger partial charge is 0.375 e. The van der Waals surface area contributed by atoms with E-state index in [-0.39, 0.29) is 31.5 Å². The number of nitrogens with two attached hydrogens (primary N) is 1. The van der Waals surface area contributed by atoms with Gasteiger partial charge in [-0.2, -0.15) is 13.2 Å². The number of rotatable bonds is 1. The van der Waals surface area contributed by atoms with E-state index in [1.165, 1.54) is 0 Å². The molecule has 0 bridgehead atoms. The van der Waals surface area contributed by atoms with Gasteiger partial charge in [-0.15, -0.1) is 0 Å². The molecule has 0 spiro atoms. The van der Waals surface area contributed by atoms with Crippen molar-refractivity contribution >= 4 is 38.3 Å². The van der Waals surface area contributed by atoms with E-state index in [0.717, 1.165) is 36.6 Å². The van der Waals surface area contributed by atoms with Gasteiger partial charge in [0.25, 0.3) is 5.56 Å². The van der Waals surface area contributed by atoms with Gasteiger partial charge in [-0.05, 0) is 18.2 Å². The SMILES string of the molecule is Cn1c(C(F)(F)F)ccc(-c2c(F)cc(Cl)c3nc(N)sc23)c1=O. The first-order valence-electron chi connectivity index (χ1n) is 6.43. The van der Waals surface area contributed by atoms with Crippen LogP contribution in [-0.4, -0.2) is 9.55 Å². The molecule has 0 saturated carbocycles. The van der Waals surface area contributed by atoms with Crippen LogP contribution >= 0.6 is 22.9 Å². The summed E-state index contributed by atoms with van der Waals surface area (Å²) in [5.41, 5.74) is 3.27. The highest BCUT2D eigenvalue weighted by molar-refractivity contribution is 7.22. The third kappa shape index (κ3) is 2.53. The lowest BCUT2D eigenvalue weighted by atomic mass is 10.1. The molecule has 2 aromatic heterocycles. The molecule has 0 aliphatic heterocycles. The Bertz CT molecular complexity index is 1030. The number of hydrogen-bond acceptors (Lipinski definition) is 4. The normalized spacial score (nSPS) is 12.1. The average molecular weight is 378 g/mol. The summed E-state index contributed by atoms with van der Waals surface area (Å²) in [6.07, 6.45) is -4.70. The lowest BCUT2D eigenvalue weighted by molar-refractivity contribution is -0.143. The van der Waals surface area contributed by atoms with E-state index in [1.54, 1.807) is 0 Å². The molecule has 24 heavy (non-hydrogen) atoms. The zero-order chi connectivity index (χ0) is 17.8. The van der Waals surface area contributed by atoms with Gasteiger partial charge in [-0.25, -0.2) is 9.37 Å². The van der Waals surface area contributed by atoms with E-state index in [9.17, 15) is 22.4 Å². The average Bonchev–Trinajstić information content (AvgIpc) is 2.84. The van der Waals surface area contributed by atoms with E-state index < -0.39 is 23.2 Å². The number of benzene rings is 1. The summed E-state index contributed by atoms with van der Waals surface area (Å²) < 4.78 is 53.7. The van der Waals surface area contributed by atoms with Crippen LogP contribution in [0, 0.1) is 5.82 Å². The number of pyridine rings is 1. The summed E-state index contributed by atoms with van der Waals surface area (Å²) in [4.78, 5) is 16.3. The van der Waals surface area contributed by atoms with E-state index >= 15 is 0 Å². The topological polar surface area (TPSA) is 60.9 Å². The molecule has 1 aromatic carbocycles. The zero-order valence-electron chi connectivity index (χ0n) is 11.9. The summed E-state index contributed by atoms with van der Waals surface area (Å²) >= 11 is 6.81. The van der Waals surface area contributed by atoms with Gasteiger partial charge in [0, 0.05) is 12.6 Å². The van der Waals surface area contributed by atoms with Crippen molar-refractivity contribution < 1.29 is 17.6 Å². The van der Waals surface area contributed by atoms with Crippen LogP contribution in [0.1, 0.15) is 5.69 Å². The quantitative estimate of drug-likeness (QED) is 0.651. The predicted molar refractivity (Wildman–Crippen MR) is 84.7 cm³/mol. The first kappa shape index (κ1) is 16.7. The molecule has 0 unspecified atom stereocenters. The maximum atomic E-state index is 14.4. The van der Waals surface area contributed by atoms with Gasteiger partial charge >= 0.3 is 6.18 Å². The maximum absolute atomic E-state index is 14.4. The molecule has 0 atom stereocenters. The molecule has 2 N–H and O–H groups in total. The fraction of sp³-hybridized carbons (Fsp3) is 0.143. The third-order valence-electron chi connectivity index (χ3n) is 3.45. The predicted octanol–water partition coefficient (Wildman–Crippen LogP) is 4.06.